The second kappa shape index (κ2) is 10.3. The van der Waals surface area contributed by atoms with E-state index in [1.807, 2.05) is 6.07 Å². The van der Waals surface area contributed by atoms with Crippen LogP contribution >= 0.6 is 0 Å². The molecule has 0 spiro atoms. The molecule has 0 radical (unpaired) electrons. The van der Waals surface area contributed by atoms with Crippen molar-refractivity contribution in [3.8, 4) is 5.75 Å². The fourth-order valence-electron chi connectivity index (χ4n) is 3.85. The average Bonchev–Trinajstić information content (AvgIpc) is 2.73. The van der Waals surface area contributed by atoms with Gasteiger partial charge in [0, 0.05) is 12.1 Å². The van der Waals surface area contributed by atoms with Crippen molar-refractivity contribution in [2.24, 2.45) is 0 Å². The molecule has 1 saturated heterocycles. The van der Waals surface area contributed by atoms with Gasteiger partial charge in [-0.1, -0.05) is 0 Å². The highest BCUT2D eigenvalue weighted by molar-refractivity contribution is 7.86. The molecule has 2 heterocycles. The second-order valence-electron chi connectivity index (χ2n) is 9.34. The zero-order valence-corrected chi connectivity index (χ0v) is 20.9. The van der Waals surface area contributed by atoms with Crippen LogP contribution < -0.4 is 15.6 Å². The van der Waals surface area contributed by atoms with Crippen LogP contribution in [0.4, 0.5) is 4.79 Å². The number of rotatable bonds is 7. The first-order valence-electron chi connectivity index (χ1n) is 11.0. The maximum atomic E-state index is 12.7. The largest absolute Gasteiger partial charge is 0.497 e. The van der Waals surface area contributed by atoms with Gasteiger partial charge in [-0.3, -0.25) is 8.98 Å². The van der Waals surface area contributed by atoms with Gasteiger partial charge >= 0.3 is 6.09 Å². The molecular formula is C23H32N2O8S. The molecule has 188 valence electrons. The van der Waals surface area contributed by atoms with Crippen molar-refractivity contribution >= 4 is 27.1 Å². The maximum absolute atomic E-state index is 12.7. The van der Waals surface area contributed by atoms with Gasteiger partial charge in [0.2, 0.25) is 0 Å². The SMILES string of the molecule is COc1ccc2ccc(=O)n(C[C@H](OS(C)(=O)=O)[C@@H]3CC[C@@H](NC(=O)OC(C)(C)C)CO3)c2c1. The van der Waals surface area contributed by atoms with Gasteiger partial charge < -0.3 is 24.1 Å². The molecule has 1 N–H and O–H groups in total. The highest BCUT2D eigenvalue weighted by atomic mass is 32.2. The topological polar surface area (TPSA) is 122 Å². The number of alkyl carbamates (subject to hydrolysis) is 1. The number of carbonyl (C=O) groups excluding carboxylic acids is 1. The fraction of sp³-hybridized carbons (Fsp3) is 0.565. The number of methoxy groups -OCH3 is 1. The summed E-state index contributed by atoms with van der Waals surface area (Å²) in [6.07, 6.45) is -0.161. The summed E-state index contributed by atoms with van der Waals surface area (Å²) in [6.45, 7) is 5.45. The Morgan fingerprint density at radius 1 is 1.24 bits per heavy atom. The molecule has 0 unspecified atom stereocenters. The number of benzene rings is 1. The normalized spacial score (nSPS) is 20.0. The summed E-state index contributed by atoms with van der Waals surface area (Å²) in [4.78, 5) is 24.8. The minimum absolute atomic E-state index is 0.0365. The molecule has 1 aromatic carbocycles. The van der Waals surface area contributed by atoms with Crippen LogP contribution in [0.2, 0.25) is 0 Å². The van der Waals surface area contributed by atoms with Crippen LogP contribution in [0.5, 0.6) is 5.75 Å². The first kappa shape index (κ1) is 26.0. The number of nitrogens with one attached hydrogen (secondary N) is 1. The Morgan fingerprint density at radius 2 is 1.94 bits per heavy atom. The number of amides is 1. The van der Waals surface area contributed by atoms with Gasteiger partial charge in [0.15, 0.2) is 0 Å². The molecule has 0 aliphatic carbocycles. The van der Waals surface area contributed by atoms with Gasteiger partial charge in [-0.15, -0.1) is 0 Å². The van der Waals surface area contributed by atoms with Crippen LogP contribution in [0.15, 0.2) is 35.1 Å². The molecule has 1 amide bonds. The average molecular weight is 497 g/mol. The first-order valence-corrected chi connectivity index (χ1v) is 12.8. The zero-order chi connectivity index (χ0) is 25.1. The van der Waals surface area contributed by atoms with Crippen molar-refractivity contribution < 1.29 is 31.6 Å². The Labute approximate surface area is 199 Å². The van der Waals surface area contributed by atoms with Crippen molar-refractivity contribution in [2.75, 3.05) is 20.0 Å². The van der Waals surface area contributed by atoms with Crippen LogP contribution in [-0.4, -0.2) is 62.9 Å². The number of pyridine rings is 1. The summed E-state index contributed by atoms with van der Waals surface area (Å²) in [5.74, 6) is 0.567. The van der Waals surface area contributed by atoms with Crippen molar-refractivity contribution in [2.45, 2.75) is 64.0 Å². The Kier molecular flexibility index (Phi) is 7.89. The van der Waals surface area contributed by atoms with Crippen LogP contribution in [0.25, 0.3) is 10.9 Å². The highest BCUT2D eigenvalue weighted by Crippen LogP contribution is 2.24. The summed E-state index contributed by atoms with van der Waals surface area (Å²) in [5.41, 5.74) is -0.331. The van der Waals surface area contributed by atoms with E-state index in [4.69, 9.17) is 18.4 Å². The predicted molar refractivity (Wildman–Crippen MR) is 127 cm³/mol. The lowest BCUT2D eigenvalue weighted by Crippen LogP contribution is -2.48. The van der Waals surface area contributed by atoms with Gasteiger partial charge in [-0.05, 0) is 57.2 Å². The molecule has 1 aromatic heterocycles. The van der Waals surface area contributed by atoms with Crippen LogP contribution in [0, 0.1) is 0 Å². The number of hydrogen-bond donors (Lipinski definition) is 1. The number of fused-ring (bicyclic) bond motifs is 1. The molecule has 3 rings (SSSR count). The molecule has 10 nitrogen and oxygen atoms in total. The Bertz CT molecular complexity index is 1180. The van der Waals surface area contributed by atoms with E-state index in [-0.39, 0.29) is 24.8 Å². The summed E-state index contributed by atoms with van der Waals surface area (Å²) >= 11 is 0. The van der Waals surface area contributed by atoms with Crippen molar-refractivity contribution in [3.63, 3.8) is 0 Å². The Morgan fingerprint density at radius 3 is 2.53 bits per heavy atom. The lowest BCUT2D eigenvalue weighted by atomic mass is 10.0. The van der Waals surface area contributed by atoms with E-state index in [0.29, 0.717) is 24.1 Å². The summed E-state index contributed by atoms with van der Waals surface area (Å²) in [6, 6.07) is 8.16. The zero-order valence-electron chi connectivity index (χ0n) is 20.1. The number of aromatic nitrogens is 1. The van der Waals surface area contributed by atoms with E-state index in [1.165, 1.54) is 17.7 Å². The minimum atomic E-state index is -3.83. The van der Waals surface area contributed by atoms with E-state index < -0.39 is 34.0 Å². The fourth-order valence-corrected chi connectivity index (χ4v) is 4.48. The highest BCUT2D eigenvalue weighted by Gasteiger charge is 2.33. The standard InChI is InChI=1S/C23H32N2O8S/c1-23(2,3)32-22(27)24-16-8-10-19(31-14-16)20(33-34(5,28)29)13-25-18-12-17(30-4)9-6-15(18)7-11-21(25)26/h6-7,9,11-12,16,19-20H,8,10,13-14H2,1-5H3,(H,24,27)/t16-,19+,20+/m1/s1. The number of nitrogens with zero attached hydrogens (tertiary/aromatic N) is 1. The number of carbonyl (C=O) groups is 1. The minimum Gasteiger partial charge on any atom is -0.497 e. The smallest absolute Gasteiger partial charge is 0.407 e. The molecule has 11 heteroatoms. The Hall–Kier alpha value is -2.63. The lowest BCUT2D eigenvalue weighted by Gasteiger charge is -2.34. The monoisotopic (exact) mass is 496 g/mol. The molecular weight excluding hydrogens is 464 g/mol. The van der Waals surface area contributed by atoms with Crippen LogP contribution in [-0.2, 0) is 30.3 Å². The summed E-state index contributed by atoms with van der Waals surface area (Å²) in [7, 11) is -2.31. The van der Waals surface area contributed by atoms with E-state index in [2.05, 4.69) is 5.32 Å². The maximum Gasteiger partial charge on any atom is 0.407 e. The molecule has 1 aliphatic rings. The second-order valence-corrected chi connectivity index (χ2v) is 10.9. The molecule has 2 aromatic rings. The van der Waals surface area contributed by atoms with E-state index in [0.717, 1.165) is 11.6 Å². The third-order valence-corrected chi connectivity index (χ3v) is 5.90. The molecule has 3 atom stereocenters. The molecule has 0 saturated carbocycles. The molecule has 1 fully saturated rings. The Balaban J connectivity index is 1.79. The number of hydrogen-bond acceptors (Lipinski definition) is 8. The third kappa shape index (κ3) is 7.18. The molecule has 1 aliphatic heterocycles. The van der Waals surface area contributed by atoms with Crippen LogP contribution in [0.3, 0.4) is 0 Å². The van der Waals surface area contributed by atoms with Crippen LogP contribution in [0.1, 0.15) is 33.6 Å². The van der Waals surface area contributed by atoms with Gasteiger partial charge in [0.25, 0.3) is 15.7 Å². The quantitative estimate of drug-likeness (QED) is 0.580. The lowest BCUT2D eigenvalue weighted by molar-refractivity contribution is -0.0661. The summed E-state index contributed by atoms with van der Waals surface area (Å²) in [5, 5.41) is 3.56. The van der Waals surface area contributed by atoms with Gasteiger partial charge in [-0.2, -0.15) is 8.42 Å². The van der Waals surface area contributed by atoms with Gasteiger partial charge in [0.05, 0.1) is 44.2 Å². The van der Waals surface area contributed by atoms with Crippen molar-refractivity contribution in [1.29, 1.82) is 0 Å². The summed E-state index contributed by atoms with van der Waals surface area (Å²) < 4.78 is 47.3. The molecule has 0 bridgehead atoms. The predicted octanol–water partition coefficient (Wildman–Crippen LogP) is 2.43. The van der Waals surface area contributed by atoms with E-state index in [1.54, 1.807) is 39.0 Å². The first-order chi connectivity index (χ1) is 15.8. The van der Waals surface area contributed by atoms with E-state index in [9.17, 15) is 18.0 Å². The van der Waals surface area contributed by atoms with Crippen molar-refractivity contribution in [3.05, 3.63) is 40.7 Å². The van der Waals surface area contributed by atoms with Gasteiger partial charge in [0.1, 0.15) is 17.5 Å². The van der Waals surface area contributed by atoms with Gasteiger partial charge in [-0.25, -0.2) is 4.79 Å². The molecule has 34 heavy (non-hydrogen) atoms. The van der Waals surface area contributed by atoms with Crippen molar-refractivity contribution in [1.82, 2.24) is 9.88 Å². The number of ether oxygens (including phenoxy) is 3. The third-order valence-electron chi connectivity index (χ3n) is 5.31. The van der Waals surface area contributed by atoms with E-state index >= 15 is 0 Å².